The van der Waals surface area contributed by atoms with Crippen LogP contribution in [0.4, 0.5) is 10.5 Å². The number of hydrogen-bond donors (Lipinski definition) is 3. The zero-order valence-corrected chi connectivity index (χ0v) is 11.6. The Labute approximate surface area is 115 Å². The first-order valence-corrected chi connectivity index (χ1v) is 6.78. The molecule has 0 radical (unpaired) electrons. The second-order valence-corrected chi connectivity index (χ2v) is 5.28. The number of carbonyl (C=O) groups is 1. The number of furan rings is 1. The molecule has 6 heteroatoms. The van der Waals surface area contributed by atoms with Crippen molar-refractivity contribution >= 4 is 23.1 Å². The minimum atomic E-state index is -1.24. The summed E-state index contributed by atoms with van der Waals surface area (Å²) in [6.45, 7) is 3.46. The predicted octanol–water partition coefficient (Wildman–Crippen LogP) is 2.68. The number of amides is 2. The highest BCUT2D eigenvalue weighted by Gasteiger charge is 2.27. The first-order valence-electron chi connectivity index (χ1n) is 5.84. The third kappa shape index (κ3) is 3.59. The summed E-state index contributed by atoms with van der Waals surface area (Å²) in [7, 11) is 0. The van der Waals surface area contributed by atoms with Crippen LogP contribution in [-0.4, -0.2) is 17.7 Å². The average molecular weight is 280 g/mol. The van der Waals surface area contributed by atoms with E-state index >= 15 is 0 Å². The Bertz CT molecular complexity index is 546. The Hall–Kier alpha value is -1.79. The first-order chi connectivity index (χ1) is 8.97. The molecular weight excluding hydrogens is 264 g/mol. The summed E-state index contributed by atoms with van der Waals surface area (Å²) >= 11 is 1.50. The van der Waals surface area contributed by atoms with E-state index in [0.29, 0.717) is 5.76 Å². The van der Waals surface area contributed by atoms with Gasteiger partial charge in [0.25, 0.3) is 0 Å². The zero-order chi connectivity index (χ0) is 13.9. The van der Waals surface area contributed by atoms with E-state index in [0.717, 1.165) is 11.4 Å². The van der Waals surface area contributed by atoms with Gasteiger partial charge in [-0.3, -0.25) is 0 Å². The van der Waals surface area contributed by atoms with Crippen molar-refractivity contribution in [1.82, 2.24) is 5.32 Å². The highest BCUT2D eigenvalue weighted by atomic mass is 32.1. The largest absolute Gasteiger partial charge is 0.463 e. The van der Waals surface area contributed by atoms with Gasteiger partial charge < -0.3 is 20.2 Å². The molecule has 3 N–H and O–H groups in total. The molecule has 5 nitrogen and oxygen atoms in total. The molecule has 2 aromatic heterocycles. The van der Waals surface area contributed by atoms with Gasteiger partial charge in [0.15, 0.2) is 0 Å². The minimum absolute atomic E-state index is 0.0654. The monoisotopic (exact) mass is 280 g/mol. The van der Waals surface area contributed by atoms with E-state index in [1.165, 1.54) is 11.3 Å². The van der Waals surface area contributed by atoms with E-state index < -0.39 is 5.60 Å². The summed E-state index contributed by atoms with van der Waals surface area (Å²) in [5.74, 6) is 1.15. The molecule has 0 bridgehead atoms. The standard InChI is InChI=1S/C13H16N2O3S/c1-9-3-4-11(18-9)13(2,17)8-14-12(16)15-10-5-6-19-7-10/h3-7,17H,8H2,1-2H3,(H2,14,15,16). The van der Waals surface area contributed by atoms with Crippen molar-refractivity contribution in [2.75, 3.05) is 11.9 Å². The molecule has 0 aromatic carbocycles. The van der Waals surface area contributed by atoms with Gasteiger partial charge in [-0.25, -0.2) is 4.79 Å². The highest BCUT2D eigenvalue weighted by Crippen LogP contribution is 2.22. The van der Waals surface area contributed by atoms with Gasteiger partial charge in [0.2, 0.25) is 0 Å². The maximum Gasteiger partial charge on any atom is 0.319 e. The minimum Gasteiger partial charge on any atom is -0.463 e. The molecule has 2 heterocycles. The fourth-order valence-corrected chi connectivity index (χ4v) is 2.16. The fraction of sp³-hybridized carbons (Fsp3) is 0.308. The molecule has 2 rings (SSSR count). The van der Waals surface area contributed by atoms with Crippen molar-refractivity contribution in [3.05, 3.63) is 40.5 Å². The van der Waals surface area contributed by atoms with Crippen molar-refractivity contribution in [2.45, 2.75) is 19.4 Å². The number of nitrogens with one attached hydrogen (secondary N) is 2. The van der Waals surface area contributed by atoms with Crippen molar-refractivity contribution in [1.29, 1.82) is 0 Å². The number of anilines is 1. The van der Waals surface area contributed by atoms with Gasteiger partial charge in [-0.15, -0.1) is 0 Å². The lowest BCUT2D eigenvalue weighted by Gasteiger charge is -2.21. The van der Waals surface area contributed by atoms with Crippen LogP contribution in [0.15, 0.2) is 33.4 Å². The molecule has 1 atom stereocenters. The second kappa shape index (κ2) is 5.46. The summed E-state index contributed by atoms with van der Waals surface area (Å²) in [6, 6.07) is 4.92. The topological polar surface area (TPSA) is 74.5 Å². The number of rotatable bonds is 4. The molecule has 1 unspecified atom stereocenters. The number of aliphatic hydroxyl groups is 1. The van der Waals surface area contributed by atoms with Gasteiger partial charge in [-0.05, 0) is 37.4 Å². The Morgan fingerprint density at radius 2 is 2.26 bits per heavy atom. The molecule has 102 valence electrons. The van der Waals surface area contributed by atoms with Crippen molar-refractivity contribution in [3.63, 3.8) is 0 Å². The van der Waals surface area contributed by atoms with Crippen LogP contribution in [0.1, 0.15) is 18.4 Å². The summed E-state index contributed by atoms with van der Waals surface area (Å²) in [6.07, 6.45) is 0. The quantitative estimate of drug-likeness (QED) is 0.806. The Kier molecular flexibility index (Phi) is 3.92. The number of urea groups is 1. The van der Waals surface area contributed by atoms with Crippen LogP contribution in [0.25, 0.3) is 0 Å². The molecular formula is C13H16N2O3S. The fourth-order valence-electron chi connectivity index (χ4n) is 1.57. The average Bonchev–Trinajstić information content (AvgIpc) is 2.98. The normalized spacial score (nSPS) is 13.8. The lowest BCUT2D eigenvalue weighted by molar-refractivity contribution is 0.0364. The maximum atomic E-state index is 11.6. The van der Waals surface area contributed by atoms with E-state index in [2.05, 4.69) is 10.6 Å². The van der Waals surface area contributed by atoms with Crippen LogP contribution in [0, 0.1) is 6.92 Å². The second-order valence-electron chi connectivity index (χ2n) is 4.50. The smallest absolute Gasteiger partial charge is 0.319 e. The van der Waals surface area contributed by atoms with E-state index in [1.54, 1.807) is 32.0 Å². The summed E-state index contributed by atoms with van der Waals surface area (Å²) in [5, 5.41) is 19.2. The molecule has 19 heavy (non-hydrogen) atoms. The third-order valence-electron chi connectivity index (χ3n) is 2.64. The number of carbonyl (C=O) groups excluding carboxylic acids is 1. The van der Waals surface area contributed by atoms with Gasteiger partial charge in [-0.2, -0.15) is 11.3 Å². The van der Waals surface area contributed by atoms with Gasteiger partial charge >= 0.3 is 6.03 Å². The molecule has 0 aliphatic heterocycles. The van der Waals surface area contributed by atoms with Gasteiger partial charge in [0.1, 0.15) is 17.1 Å². The summed E-state index contributed by atoms with van der Waals surface area (Å²) < 4.78 is 5.37. The van der Waals surface area contributed by atoms with E-state index in [4.69, 9.17) is 4.42 Å². The lowest BCUT2D eigenvalue weighted by atomic mass is 10.0. The Morgan fingerprint density at radius 1 is 1.47 bits per heavy atom. The number of aryl methyl sites for hydroxylation is 1. The number of thiophene rings is 1. The van der Waals surface area contributed by atoms with Crippen LogP contribution < -0.4 is 10.6 Å². The zero-order valence-electron chi connectivity index (χ0n) is 10.8. The van der Waals surface area contributed by atoms with Gasteiger partial charge in [0, 0.05) is 5.38 Å². The lowest BCUT2D eigenvalue weighted by Crippen LogP contribution is -2.40. The predicted molar refractivity (Wildman–Crippen MR) is 74.4 cm³/mol. The maximum absolute atomic E-state index is 11.6. The highest BCUT2D eigenvalue weighted by molar-refractivity contribution is 7.08. The van der Waals surface area contributed by atoms with Crippen LogP contribution in [0.3, 0.4) is 0 Å². The molecule has 0 spiro atoms. The molecule has 0 fully saturated rings. The van der Waals surface area contributed by atoms with Crippen LogP contribution >= 0.6 is 11.3 Å². The Balaban J connectivity index is 1.89. The van der Waals surface area contributed by atoms with Crippen molar-refractivity contribution in [2.24, 2.45) is 0 Å². The molecule has 0 saturated carbocycles. The molecule has 2 aromatic rings. The van der Waals surface area contributed by atoms with Crippen LogP contribution in [0.5, 0.6) is 0 Å². The SMILES string of the molecule is Cc1ccc(C(C)(O)CNC(=O)Nc2ccsc2)o1. The van der Waals surface area contributed by atoms with E-state index in [9.17, 15) is 9.90 Å². The molecule has 0 saturated heterocycles. The van der Waals surface area contributed by atoms with Crippen molar-refractivity contribution < 1.29 is 14.3 Å². The van der Waals surface area contributed by atoms with Crippen LogP contribution in [-0.2, 0) is 5.60 Å². The third-order valence-corrected chi connectivity index (χ3v) is 3.33. The van der Waals surface area contributed by atoms with Crippen molar-refractivity contribution in [3.8, 4) is 0 Å². The summed E-state index contributed by atoms with van der Waals surface area (Å²) in [4.78, 5) is 11.6. The Morgan fingerprint density at radius 3 is 2.84 bits per heavy atom. The van der Waals surface area contributed by atoms with E-state index in [1.807, 2.05) is 10.8 Å². The molecule has 0 aliphatic rings. The number of hydrogen-bond acceptors (Lipinski definition) is 4. The van der Waals surface area contributed by atoms with E-state index in [-0.39, 0.29) is 12.6 Å². The molecule has 2 amide bonds. The van der Waals surface area contributed by atoms with Gasteiger partial charge in [-0.1, -0.05) is 0 Å². The first kappa shape index (κ1) is 13.6. The molecule has 0 aliphatic carbocycles. The summed E-state index contributed by atoms with van der Waals surface area (Å²) in [5.41, 5.74) is -0.503. The van der Waals surface area contributed by atoms with Crippen LogP contribution in [0.2, 0.25) is 0 Å². The van der Waals surface area contributed by atoms with Gasteiger partial charge in [0.05, 0.1) is 12.2 Å².